The van der Waals surface area contributed by atoms with E-state index in [1.54, 1.807) is 29.2 Å². The van der Waals surface area contributed by atoms with Crippen LogP contribution in [0.4, 0.5) is 32.3 Å². The van der Waals surface area contributed by atoms with Crippen LogP contribution in [-0.2, 0) is 28.2 Å². The molecule has 9 rings (SSSR count). The van der Waals surface area contributed by atoms with Crippen LogP contribution in [0.1, 0.15) is 39.7 Å². The minimum Gasteiger partial charge on any atom is -0.485 e. The maximum atomic E-state index is 15.7. The quantitative estimate of drug-likeness (QED) is 0.135. The summed E-state index contributed by atoms with van der Waals surface area (Å²) in [7, 11) is -2.25. The van der Waals surface area contributed by atoms with Gasteiger partial charge < -0.3 is 15.0 Å². The fraction of sp³-hybridized carbons (Fsp3) is 0.326. The Balaban J connectivity index is 0.890. The van der Waals surface area contributed by atoms with Gasteiger partial charge in [0.25, 0.3) is 0 Å². The van der Waals surface area contributed by atoms with E-state index in [0.29, 0.717) is 35.0 Å². The second-order valence-electron chi connectivity index (χ2n) is 16.3. The number of ether oxygens (including phenoxy) is 1. The first-order valence-corrected chi connectivity index (χ1v) is 22.1. The van der Waals surface area contributed by atoms with E-state index in [4.69, 9.17) is 4.74 Å². The van der Waals surface area contributed by atoms with Crippen molar-refractivity contribution >= 4 is 61.5 Å². The number of hydrogen-bond donors (Lipinski definition) is 3. The Kier molecular flexibility index (Phi) is 10.8. The van der Waals surface area contributed by atoms with Crippen LogP contribution in [0.2, 0.25) is 0 Å². The fourth-order valence-electron chi connectivity index (χ4n) is 8.18. The van der Waals surface area contributed by atoms with Crippen LogP contribution in [0.25, 0.3) is 27.8 Å². The van der Waals surface area contributed by atoms with E-state index in [9.17, 15) is 18.0 Å². The van der Waals surface area contributed by atoms with Gasteiger partial charge in [0.15, 0.2) is 11.6 Å². The molecule has 63 heavy (non-hydrogen) atoms. The van der Waals surface area contributed by atoms with Crippen LogP contribution in [0.15, 0.2) is 89.2 Å². The first kappa shape index (κ1) is 41.4. The zero-order chi connectivity index (χ0) is 44.2. The number of H-pyrrole nitrogens is 1. The van der Waals surface area contributed by atoms with Crippen molar-refractivity contribution in [2.24, 2.45) is 13.0 Å². The number of nitrogens with zero attached hydrogens (tertiary/aromatic N) is 10. The van der Waals surface area contributed by atoms with E-state index in [-0.39, 0.29) is 58.4 Å². The summed E-state index contributed by atoms with van der Waals surface area (Å²) in [5.74, 6) is 0.149. The summed E-state index contributed by atoms with van der Waals surface area (Å²) in [5.41, 5.74) is 4.27. The lowest BCUT2D eigenvalue weighted by Crippen LogP contribution is -2.55. The largest absolute Gasteiger partial charge is 0.485 e. The summed E-state index contributed by atoms with van der Waals surface area (Å²) in [5, 5.41) is 21.9. The Morgan fingerprint density at radius 1 is 0.984 bits per heavy atom. The maximum Gasteiger partial charge on any atom is 0.329 e. The molecule has 3 aromatic carbocycles. The molecule has 2 saturated heterocycles. The number of benzene rings is 3. The maximum absolute atomic E-state index is 15.7. The van der Waals surface area contributed by atoms with Crippen LogP contribution >= 0.6 is 0 Å². The number of aryl methyl sites for hydroxylation is 1. The fourth-order valence-corrected chi connectivity index (χ4v) is 9.53. The number of anilines is 4. The van der Waals surface area contributed by atoms with Crippen molar-refractivity contribution in [2.45, 2.75) is 62.6 Å². The number of carbonyl (C=O) groups is 2. The molecule has 6 heterocycles. The van der Waals surface area contributed by atoms with Crippen molar-refractivity contribution < 1.29 is 27.1 Å². The summed E-state index contributed by atoms with van der Waals surface area (Å²) < 4.78 is 52.8. The van der Waals surface area contributed by atoms with E-state index in [1.165, 1.54) is 33.9 Å². The van der Waals surface area contributed by atoms with Crippen LogP contribution in [-0.4, -0.2) is 103 Å². The number of fused-ring (bicyclic) bond motifs is 2. The second-order valence-corrected chi connectivity index (χ2v) is 18.3. The lowest BCUT2D eigenvalue weighted by Gasteiger charge is -2.45. The van der Waals surface area contributed by atoms with Crippen molar-refractivity contribution in [3.05, 3.63) is 90.8 Å². The lowest BCUT2D eigenvalue weighted by atomic mass is 9.98. The Morgan fingerprint density at radius 2 is 1.81 bits per heavy atom. The molecule has 3 amide bonds. The first-order chi connectivity index (χ1) is 30.2. The minimum atomic E-state index is -4.09. The zero-order valence-electron chi connectivity index (χ0n) is 35.3. The molecule has 0 spiro atoms. The highest BCUT2D eigenvalue weighted by Gasteiger charge is 2.32. The molecule has 3 N–H and O–H groups in total. The van der Waals surface area contributed by atoms with Gasteiger partial charge in [-0.3, -0.25) is 29.7 Å². The van der Waals surface area contributed by atoms with Gasteiger partial charge in [0.2, 0.25) is 27.3 Å². The Morgan fingerprint density at radius 3 is 2.56 bits per heavy atom. The summed E-state index contributed by atoms with van der Waals surface area (Å²) in [4.78, 5) is 39.5. The summed E-state index contributed by atoms with van der Waals surface area (Å²) in [6, 6.07) is 16.3. The van der Waals surface area contributed by atoms with Gasteiger partial charge in [0.1, 0.15) is 17.8 Å². The van der Waals surface area contributed by atoms with Crippen molar-refractivity contribution in [3.8, 4) is 17.0 Å². The van der Waals surface area contributed by atoms with E-state index in [0.717, 1.165) is 47.9 Å². The summed E-state index contributed by atoms with van der Waals surface area (Å²) >= 11 is 0. The average Bonchev–Trinajstić information content (AvgIpc) is 4.01. The molecule has 2 aliphatic heterocycles. The predicted octanol–water partition coefficient (Wildman–Crippen LogP) is 5.70. The smallest absolute Gasteiger partial charge is 0.329 e. The van der Waals surface area contributed by atoms with Crippen molar-refractivity contribution in [2.75, 3.05) is 41.3 Å². The number of amides is 3. The molecule has 4 aromatic heterocycles. The number of hydrogen-bond acceptors (Lipinski definition) is 13. The van der Waals surface area contributed by atoms with Gasteiger partial charge in [-0.15, -0.1) is 5.10 Å². The minimum absolute atomic E-state index is 0.0120. The van der Waals surface area contributed by atoms with Crippen molar-refractivity contribution in [1.29, 1.82) is 0 Å². The normalized spacial score (nSPS) is 16.5. The standard InChI is InChI=1S/C43H46FN13O5S/c1-25(2)36-23-54(15-16-55(36)29-9-11-32-35(18-29)53(5)51-40(32)56-14-13-37(58)49-43(56)59)22-27-7-6-8-30(17-27)63(60,61)31-10-12-34(33(44)19-31)48-42-50-41-39(62-26(3)4)38(28-20-46-47-21-28)45-24-57(41)52-42/h6-12,17-21,24-26,36H,13-16,22-23H2,1-5H3,(H,46,47)(H,48,52)(H,49,58,59)/t36-/m0/s1. The summed E-state index contributed by atoms with van der Waals surface area (Å²) in [6.07, 6.45) is 4.78. The number of sulfone groups is 1. The number of imide groups is 1. The highest BCUT2D eigenvalue weighted by molar-refractivity contribution is 7.91. The summed E-state index contributed by atoms with van der Waals surface area (Å²) in [6.45, 7) is 11.1. The highest BCUT2D eigenvalue weighted by atomic mass is 32.2. The Bertz CT molecular complexity index is 2990. The topological polar surface area (TPSA) is 201 Å². The number of aromatic amines is 1. The third kappa shape index (κ3) is 8.02. The SMILES string of the molecule is CC(C)Oc1c(-c2cn[nH]c2)ncn2nc(Nc3ccc(S(=O)(=O)c4cccc(CN5CCN(c6ccc7c(N8CCC(=O)NC8=O)nn(C)c7c6)[C@H](C(C)C)C5)c4)cc3F)nc12. The van der Waals surface area contributed by atoms with Gasteiger partial charge in [-0.2, -0.15) is 19.7 Å². The van der Waals surface area contributed by atoms with Gasteiger partial charge in [0.05, 0.1) is 33.3 Å². The molecule has 326 valence electrons. The molecule has 0 saturated carbocycles. The van der Waals surface area contributed by atoms with Gasteiger partial charge in [-0.1, -0.05) is 26.0 Å². The number of halogens is 1. The number of piperazine rings is 1. The van der Waals surface area contributed by atoms with E-state index in [2.05, 4.69) is 76.8 Å². The number of rotatable bonds is 12. The second kappa shape index (κ2) is 16.4. The molecule has 18 nitrogen and oxygen atoms in total. The molecule has 2 fully saturated rings. The van der Waals surface area contributed by atoms with Crippen LogP contribution in [0.5, 0.6) is 5.75 Å². The lowest BCUT2D eigenvalue weighted by molar-refractivity contribution is -0.120. The van der Waals surface area contributed by atoms with Crippen LogP contribution in [0, 0.1) is 11.7 Å². The van der Waals surface area contributed by atoms with E-state index < -0.39 is 21.7 Å². The van der Waals surface area contributed by atoms with Crippen LogP contribution < -0.4 is 25.2 Å². The molecule has 20 heteroatoms. The molecule has 0 radical (unpaired) electrons. The number of nitrogens with one attached hydrogen (secondary N) is 3. The number of aromatic nitrogens is 8. The van der Waals surface area contributed by atoms with Gasteiger partial charge in [0, 0.05) is 75.1 Å². The van der Waals surface area contributed by atoms with Gasteiger partial charge >= 0.3 is 6.03 Å². The van der Waals surface area contributed by atoms with E-state index >= 15 is 4.39 Å². The third-order valence-electron chi connectivity index (χ3n) is 11.3. The molecular weight excluding hydrogens is 830 g/mol. The van der Waals surface area contributed by atoms with Crippen LogP contribution in [0.3, 0.4) is 0 Å². The molecule has 2 aliphatic rings. The molecule has 1 atom stereocenters. The zero-order valence-corrected chi connectivity index (χ0v) is 36.1. The van der Waals surface area contributed by atoms with Gasteiger partial charge in [-0.05, 0) is 73.9 Å². The third-order valence-corrected chi connectivity index (χ3v) is 13.1. The number of urea groups is 1. The van der Waals surface area contributed by atoms with E-state index in [1.807, 2.05) is 33.0 Å². The first-order valence-electron chi connectivity index (χ1n) is 20.6. The monoisotopic (exact) mass is 875 g/mol. The molecule has 0 bridgehead atoms. The number of carbonyl (C=O) groups excluding carboxylic acids is 2. The van der Waals surface area contributed by atoms with Crippen molar-refractivity contribution in [3.63, 3.8) is 0 Å². The Labute approximate surface area is 362 Å². The van der Waals surface area contributed by atoms with Crippen molar-refractivity contribution in [1.82, 2.24) is 49.8 Å². The molecular formula is C43H46FN13O5S. The predicted molar refractivity (Wildman–Crippen MR) is 233 cm³/mol. The molecule has 7 aromatic rings. The molecule has 0 aliphatic carbocycles. The Hall–Kier alpha value is -6.93. The van der Waals surface area contributed by atoms with Gasteiger partial charge in [-0.25, -0.2) is 22.6 Å². The molecule has 0 unspecified atom stereocenters. The highest BCUT2D eigenvalue weighted by Crippen LogP contribution is 2.35. The average molecular weight is 876 g/mol.